The monoisotopic (exact) mass is 269 g/mol. The van der Waals surface area contributed by atoms with Gasteiger partial charge in [0, 0.05) is 11.9 Å². The lowest BCUT2D eigenvalue weighted by molar-refractivity contribution is 0.631. The molecule has 2 aromatic rings. The van der Waals surface area contributed by atoms with E-state index in [2.05, 4.69) is 16.4 Å². The number of aromatic nitrogens is 1. The third-order valence-electron chi connectivity index (χ3n) is 3.43. The smallest absolute Gasteiger partial charge is 0.127 e. The van der Waals surface area contributed by atoms with E-state index in [1.807, 2.05) is 42.1 Å². The van der Waals surface area contributed by atoms with Gasteiger partial charge in [-0.25, -0.2) is 4.98 Å². The third-order valence-corrected chi connectivity index (χ3v) is 4.66. The Morgan fingerprint density at radius 2 is 2.32 bits per heavy atom. The fourth-order valence-corrected chi connectivity index (χ4v) is 3.64. The van der Waals surface area contributed by atoms with Crippen molar-refractivity contribution in [2.75, 3.05) is 23.4 Å². The molecule has 1 N–H and O–H groups in total. The fourth-order valence-electron chi connectivity index (χ4n) is 2.35. The Kier molecular flexibility index (Phi) is 3.56. The number of pyridine rings is 1. The normalized spacial score (nSPS) is 18.4. The van der Waals surface area contributed by atoms with Gasteiger partial charge in [0.05, 0.1) is 17.1 Å². The largest absolute Gasteiger partial charge is 0.370 e. The summed E-state index contributed by atoms with van der Waals surface area (Å²) in [5.41, 5.74) is 1.57. The quantitative estimate of drug-likeness (QED) is 0.929. The SMILES string of the molecule is N#Cc1cc(NCC2CCSC2)nc2ccccc12. The zero-order valence-corrected chi connectivity index (χ0v) is 11.4. The van der Waals surface area contributed by atoms with Crippen molar-refractivity contribution in [2.45, 2.75) is 6.42 Å². The molecule has 1 aromatic carbocycles. The molecule has 0 aliphatic carbocycles. The number of anilines is 1. The first kappa shape index (κ1) is 12.3. The molecule has 3 rings (SSSR count). The van der Waals surface area contributed by atoms with Crippen LogP contribution in [0.5, 0.6) is 0 Å². The molecule has 1 atom stereocenters. The van der Waals surface area contributed by atoms with Crippen LogP contribution in [0.3, 0.4) is 0 Å². The first-order valence-corrected chi connectivity index (χ1v) is 7.64. The average molecular weight is 269 g/mol. The third kappa shape index (κ3) is 2.66. The summed E-state index contributed by atoms with van der Waals surface area (Å²) < 4.78 is 0. The van der Waals surface area contributed by atoms with Gasteiger partial charge in [0.25, 0.3) is 0 Å². The molecular weight excluding hydrogens is 254 g/mol. The van der Waals surface area contributed by atoms with Crippen molar-refractivity contribution < 1.29 is 0 Å². The number of benzene rings is 1. The van der Waals surface area contributed by atoms with Gasteiger partial charge < -0.3 is 5.32 Å². The minimum Gasteiger partial charge on any atom is -0.370 e. The van der Waals surface area contributed by atoms with E-state index in [1.165, 1.54) is 17.9 Å². The summed E-state index contributed by atoms with van der Waals surface area (Å²) >= 11 is 2.01. The minimum absolute atomic E-state index is 0.689. The second-order valence-corrected chi connectivity index (χ2v) is 5.94. The maximum atomic E-state index is 9.23. The number of hydrogen-bond donors (Lipinski definition) is 1. The molecule has 0 amide bonds. The number of para-hydroxylation sites is 1. The number of nitrogens with zero attached hydrogens (tertiary/aromatic N) is 2. The van der Waals surface area contributed by atoms with Crippen molar-refractivity contribution in [3.63, 3.8) is 0 Å². The van der Waals surface area contributed by atoms with E-state index in [9.17, 15) is 5.26 Å². The van der Waals surface area contributed by atoms with Crippen LogP contribution in [0.2, 0.25) is 0 Å². The molecule has 1 aromatic heterocycles. The molecule has 1 aliphatic heterocycles. The van der Waals surface area contributed by atoms with E-state index in [1.54, 1.807) is 0 Å². The first-order chi connectivity index (χ1) is 9.36. The summed E-state index contributed by atoms with van der Waals surface area (Å²) in [5, 5.41) is 13.5. The van der Waals surface area contributed by atoms with E-state index in [-0.39, 0.29) is 0 Å². The maximum Gasteiger partial charge on any atom is 0.127 e. The zero-order chi connectivity index (χ0) is 13.1. The van der Waals surface area contributed by atoms with E-state index < -0.39 is 0 Å². The molecule has 96 valence electrons. The molecule has 3 nitrogen and oxygen atoms in total. The molecule has 19 heavy (non-hydrogen) atoms. The molecule has 0 saturated carbocycles. The molecule has 2 heterocycles. The lowest BCUT2D eigenvalue weighted by Crippen LogP contribution is -2.14. The maximum absolute atomic E-state index is 9.23. The second-order valence-electron chi connectivity index (χ2n) is 4.79. The van der Waals surface area contributed by atoms with Gasteiger partial charge in [0.1, 0.15) is 5.82 Å². The van der Waals surface area contributed by atoms with Crippen molar-refractivity contribution in [1.29, 1.82) is 5.26 Å². The van der Waals surface area contributed by atoms with Crippen LogP contribution in [0.15, 0.2) is 30.3 Å². The second kappa shape index (κ2) is 5.50. The van der Waals surface area contributed by atoms with Crippen LogP contribution >= 0.6 is 11.8 Å². The summed E-state index contributed by atoms with van der Waals surface area (Å²) in [6.45, 7) is 0.948. The molecular formula is C15H15N3S. The zero-order valence-electron chi connectivity index (χ0n) is 10.6. The Labute approximate surface area is 117 Å². The summed E-state index contributed by atoms with van der Waals surface area (Å²) in [6, 6.07) is 11.9. The van der Waals surface area contributed by atoms with Gasteiger partial charge >= 0.3 is 0 Å². The predicted molar refractivity (Wildman–Crippen MR) is 80.4 cm³/mol. The van der Waals surface area contributed by atoms with E-state index in [0.29, 0.717) is 5.56 Å². The van der Waals surface area contributed by atoms with Gasteiger partial charge in [-0.2, -0.15) is 17.0 Å². The van der Waals surface area contributed by atoms with E-state index >= 15 is 0 Å². The number of hydrogen-bond acceptors (Lipinski definition) is 4. The fraction of sp³-hybridized carbons (Fsp3) is 0.333. The molecule has 0 spiro atoms. The summed E-state index contributed by atoms with van der Waals surface area (Å²) in [4.78, 5) is 4.58. The minimum atomic E-state index is 0.689. The number of fused-ring (bicyclic) bond motifs is 1. The highest BCUT2D eigenvalue weighted by atomic mass is 32.2. The predicted octanol–water partition coefficient (Wildman–Crippen LogP) is 3.27. The highest BCUT2D eigenvalue weighted by Crippen LogP contribution is 2.24. The van der Waals surface area contributed by atoms with Crippen LogP contribution in [-0.2, 0) is 0 Å². The number of nitriles is 1. The van der Waals surface area contributed by atoms with Crippen molar-refractivity contribution in [3.8, 4) is 6.07 Å². The summed E-state index contributed by atoms with van der Waals surface area (Å²) in [7, 11) is 0. The summed E-state index contributed by atoms with van der Waals surface area (Å²) in [5.74, 6) is 4.03. The Morgan fingerprint density at radius 1 is 1.42 bits per heavy atom. The standard InChI is InChI=1S/C15H15N3S/c16-8-12-7-15(17-9-11-5-6-19-10-11)18-14-4-2-1-3-13(12)14/h1-4,7,11H,5-6,9-10H2,(H,17,18). The topological polar surface area (TPSA) is 48.7 Å². The van der Waals surface area contributed by atoms with Crippen LogP contribution in [0.25, 0.3) is 10.9 Å². The first-order valence-electron chi connectivity index (χ1n) is 6.48. The Bertz CT molecular complexity index is 627. The van der Waals surface area contributed by atoms with E-state index in [0.717, 1.165) is 29.2 Å². The van der Waals surface area contributed by atoms with Crippen LogP contribution in [0.4, 0.5) is 5.82 Å². The molecule has 1 saturated heterocycles. The molecule has 0 bridgehead atoms. The average Bonchev–Trinajstić information content (AvgIpc) is 2.97. The molecule has 1 fully saturated rings. The summed E-state index contributed by atoms with van der Waals surface area (Å²) in [6.07, 6.45) is 1.27. The lowest BCUT2D eigenvalue weighted by Gasteiger charge is -2.11. The van der Waals surface area contributed by atoms with Gasteiger partial charge in [-0.3, -0.25) is 0 Å². The van der Waals surface area contributed by atoms with Crippen molar-refractivity contribution in [3.05, 3.63) is 35.9 Å². The van der Waals surface area contributed by atoms with Crippen LogP contribution < -0.4 is 5.32 Å². The van der Waals surface area contributed by atoms with Crippen LogP contribution in [0.1, 0.15) is 12.0 Å². The van der Waals surface area contributed by atoms with Gasteiger partial charge in [0.2, 0.25) is 0 Å². The molecule has 1 unspecified atom stereocenters. The van der Waals surface area contributed by atoms with Gasteiger partial charge in [-0.05, 0) is 36.0 Å². The Morgan fingerprint density at radius 3 is 3.11 bits per heavy atom. The van der Waals surface area contributed by atoms with Crippen molar-refractivity contribution in [1.82, 2.24) is 4.98 Å². The Hall–Kier alpha value is -1.73. The van der Waals surface area contributed by atoms with Gasteiger partial charge in [-0.15, -0.1) is 0 Å². The Balaban J connectivity index is 1.85. The molecule has 0 radical (unpaired) electrons. The molecule has 1 aliphatic rings. The number of nitrogens with one attached hydrogen (secondary N) is 1. The van der Waals surface area contributed by atoms with Crippen LogP contribution in [0, 0.1) is 17.2 Å². The highest BCUT2D eigenvalue weighted by Gasteiger charge is 2.15. The highest BCUT2D eigenvalue weighted by molar-refractivity contribution is 7.99. The van der Waals surface area contributed by atoms with Crippen molar-refractivity contribution in [2.24, 2.45) is 5.92 Å². The van der Waals surface area contributed by atoms with Crippen LogP contribution in [-0.4, -0.2) is 23.0 Å². The number of rotatable bonds is 3. The van der Waals surface area contributed by atoms with E-state index in [4.69, 9.17) is 0 Å². The number of thioether (sulfide) groups is 1. The van der Waals surface area contributed by atoms with Crippen molar-refractivity contribution >= 4 is 28.5 Å². The molecule has 4 heteroatoms. The lowest BCUT2D eigenvalue weighted by atomic mass is 10.1. The van der Waals surface area contributed by atoms with Gasteiger partial charge in [-0.1, -0.05) is 18.2 Å². The van der Waals surface area contributed by atoms with Gasteiger partial charge in [0.15, 0.2) is 0 Å².